The van der Waals surface area contributed by atoms with Crippen molar-refractivity contribution in [3.8, 4) is 0 Å². The molecular formula is C16H23N3O2. The fourth-order valence-corrected chi connectivity index (χ4v) is 3.19. The van der Waals surface area contributed by atoms with E-state index in [4.69, 9.17) is 0 Å². The molecule has 0 bridgehead atoms. The molecule has 1 aromatic rings. The van der Waals surface area contributed by atoms with Crippen molar-refractivity contribution >= 4 is 5.91 Å². The first-order valence-electron chi connectivity index (χ1n) is 7.91. The average Bonchev–Trinajstić information content (AvgIpc) is 3.04. The summed E-state index contributed by atoms with van der Waals surface area (Å²) in [5, 5.41) is 15.9. The highest BCUT2D eigenvalue weighted by atomic mass is 16.3. The molecule has 1 aromatic heterocycles. The van der Waals surface area contributed by atoms with Gasteiger partial charge in [0, 0.05) is 12.1 Å². The van der Waals surface area contributed by atoms with Crippen LogP contribution in [-0.2, 0) is 0 Å². The fourth-order valence-electron chi connectivity index (χ4n) is 3.19. The maximum atomic E-state index is 12.3. The Labute approximate surface area is 125 Å². The van der Waals surface area contributed by atoms with E-state index in [9.17, 15) is 9.90 Å². The van der Waals surface area contributed by atoms with Gasteiger partial charge in [-0.3, -0.25) is 4.79 Å². The van der Waals surface area contributed by atoms with Crippen LogP contribution in [-0.4, -0.2) is 34.7 Å². The van der Waals surface area contributed by atoms with Gasteiger partial charge in [-0.15, -0.1) is 0 Å². The van der Waals surface area contributed by atoms with Crippen molar-refractivity contribution in [1.29, 1.82) is 0 Å². The van der Waals surface area contributed by atoms with E-state index in [1.165, 1.54) is 0 Å². The Morgan fingerprint density at radius 2 is 2.05 bits per heavy atom. The zero-order valence-corrected chi connectivity index (χ0v) is 12.2. The molecular weight excluding hydrogens is 266 g/mol. The summed E-state index contributed by atoms with van der Waals surface area (Å²) in [4.78, 5) is 16.8. The third-order valence-corrected chi connectivity index (χ3v) is 4.45. The fraction of sp³-hybridized carbons (Fsp3) is 0.625. The van der Waals surface area contributed by atoms with Crippen molar-refractivity contribution in [2.45, 2.75) is 56.7 Å². The van der Waals surface area contributed by atoms with Crippen LogP contribution in [0.15, 0.2) is 18.2 Å². The van der Waals surface area contributed by atoms with E-state index in [1.54, 1.807) is 6.07 Å². The third-order valence-electron chi connectivity index (χ3n) is 4.45. The van der Waals surface area contributed by atoms with E-state index in [0.717, 1.165) is 50.8 Å². The number of aliphatic hydroxyl groups is 1. The summed E-state index contributed by atoms with van der Waals surface area (Å²) in [5.41, 5.74) is 1.45. The largest absolute Gasteiger partial charge is 0.393 e. The number of rotatable bonds is 3. The van der Waals surface area contributed by atoms with Gasteiger partial charge < -0.3 is 15.7 Å². The molecule has 21 heavy (non-hydrogen) atoms. The topological polar surface area (TPSA) is 74.2 Å². The van der Waals surface area contributed by atoms with Crippen molar-refractivity contribution in [3.63, 3.8) is 0 Å². The first kappa shape index (κ1) is 14.5. The molecule has 5 nitrogen and oxygen atoms in total. The Bertz CT molecular complexity index is 492. The van der Waals surface area contributed by atoms with Crippen LogP contribution in [0.2, 0.25) is 0 Å². The minimum Gasteiger partial charge on any atom is -0.393 e. The summed E-state index contributed by atoms with van der Waals surface area (Å²) in [5.74, 6) is -0.101. The van der Waals surface area contributed by atoms with Gasteiger partial charge in [-0.25, -0.2) is 4.98 Å². The highest BCUT2D eigenvalue weighted by Crippen LogP contribution is 2.22. The van der Waals surface area contributed by atoms with Crippen molar-refractivity contribution in [1.82, 2.24) is 15.6 Å². The molecule has 2 aliphatic rings. The van der Waals surface area contributed by atoms with Gasteiger partial charge in [0.15, 0.2) is 0 Å². The van der Waals surface area contributed by atoms with E-state index in [-0.39, 0.29) is 24.1 Å². The van der Waals surface area contributed by atoms with Gasteiger partial charge in [0.05, 0.1) is 11.8 Å². The molecule has 1 saturated heterocycles. The number of amides is 1. The van der Waals surface area contributed by atoms with Gasteiger partial charge in [-0.1, -0.05) is 6.07 Å². The van der Waals surface area contributed by atoms with Gasteiger partial charge in [0.1, 0.15) is 5.69 Å². The van der Waals surface area contributed by atoms with Gasteiger partial charge in [-0.2, -0.15) is 0 Å². The number of carbonyl (C=O) groups excluding carboxylic acids is 1. The lowest BCUT2D eigenvalue weighted by Crippen LogP contribution is -2.39. The molecule has 1 atom stereocenters. The number of nitrogens with one attached hydrogen (secondary N) is 2. The first-order chi connectivity index (χ1) is 10.2. The summed E-state index contributed by atoms with van der Waals surface area (Å²) in [6.07, 6.45) is 5.27. The number of carbonyl (C=O) groups is 1. The van der Waals surface area contributed by atoms with Gasteiger partial charge in [0.2, 0.25) is 0 Å². The SMILES string of the molecule is O=C(NC1CCC(O)CC1)c1cccc([C@H]2CCCN2)n1. The summed E-state index contributed by atoms with van der Waals surface area (Å²) in [7, 11) is 0. The monoisotopic (exact) mass is 289 g/mol. The second-order valence-corrected chi connectivity index (χ2v) is 6.08. The lowest BCUT2D eigenvalue weighted by atomic mass is 9.93. The maximum Gasteiger partial charge on any atom is 0.270 e. The van der Waals surface area contributed by atoms with Crippen LogP contribution in [0.5, 0.6) is 0 Å². The zero-order chi connectivity index (χ0) is 14.7. The van der Waals surface area contributed by atoms with E-state index in [1.807, 2.05) is 12.1 Å². The lowest BCUT2D eigenvalue weighted by molar-refractivity contribution is 0.0863. The van der Waals surface area contributed by atoms with Crippen LogP contribution < -0.4 is 10.6 Å². The van der Waals surface area contributed by atoms with E-state index in [0.29, 0.717) is 5.69 Å². The summed E-state index contributed by atoms with van der Waals surface area (Å²) >= 11 is 0. The number of hydrogen-bond acceptors (Lipinski definition) is 4. The summed E-state index contributed by atoms with van der Waals surface area (Å²) in [6, 6.07) is 6.10. The van der Waals surface area contributed by atoms with Crippen LogP contribution in [0.25, 0.3) is 0 Å². The molecule has 3 N–H and O–H groups in total. The number of pyridine rings is 1. The van der Waals surface area contributed by atoms with Crippen molar-refractivity contribution in [3.05, 3.63) is 29.6 Å². The van der Waals surface area contributed by atoms with Crippen LogP contribution in [0.4, 0.5) is 0 Å². The second kappa shape index (κ2) is 6.54. The predicted molar refractivity (Wildman–Crippen MR) is 79.9 cm³/mol. The van der Waals surface area contributed by atoms with Crippen molar-refractivity contribution in [2.75, 3.05) is 6.54 Å². The maximum absolute atomic E-state index is 12.3. The molecule has 2 fully saturated rings. The quantitative estimate of drug-likeness (QED) is 0.789. The smallest absolute Gasteiger partial charge is 0.270 e. The molecule has 2 heterocycles. The molecule has 1 amide bonds. The number of nitrogens with zero attached hydrogens (tertiary/aromatic N) is 1. The van der Waals surface area contributed by atoms with Crippen LogP contribution in [0, 0.1) is 0 Å². The van der Waals surface area contributed by atoms with E-state index < -0.39 is 0 Å². The molecule has 3 rings (SSSR count). The predicted octanol–water partition coefficient (Wildman–Crippen LogP) is 1.54. The van der Waals surface area contributed by atoms with Crippen molar-refractivity contribution < 1.29 is 9.90 Å². The minimum absolute atomic E-state index is 0.101. The highest BCUT2D eigenvalue weighted by Gasteiger charge is 2.23. The molecule has 1 aliphatic carbocycles. The molecule has 0 spiro atoms. The summed E-state index contributed by atoms with van der Waals surface area (Å²) in [6.45, 7) is 1.02. The van der Waals surface area contributed by atoms with Crippen LogP contribution in [0.1, 0.15) is 60.7 Å². The third kappa shape index (κ3) is 3.60. The lowest BCUT2D eigenvalue weighted by Gasteiger charge is -2.26. The molecule has 0 aromatic carbocycles. The molecule has 0 unspecified atom stereocenters. The number of aliphatic hydroxyl groups excluding tert-OH is 1. The van der Waals surface area contributed by atoms with Gasteiger partial charge in [0.25, 0.3) is 5.91 Å². The second-order valence-electron chi connectivity index (χ2n) is 6.08. The zero-order valence-electron chi connectivity index (χ0n) is 12.2. The highest BCUT2D eigenvalue weighted by molar-refractivity contribution is 5.92. The Morgan fingerprint density at radius 3 is 2.76 bits per heavy atom. The van der Waals surface area contributed by atoms with Crippen LogP contribution >= 0.6 is 0 Å². The van der Waals surface area contributed by atoms with E-state index in [2.05, 4.69) is 15.6 Å². The number of aromatic nitrogens is 1. The standard InChI is InChI=1S/C16H23N3O2/c20-12-8-6-11(7-9-12)18-16(21)15-4-1-3-14(19-15)13-5-2-10-17-13/h1,3-4,11-13,17,20H,2,5-10H2,(H,18,21)/t11?,12?,13-/m1/s1. The summed E-state index contributed by atoms with van der Waals surface area (Å²) < 4.78 is 0. The molecule has 114 valence electrons. The number of hydrogen-bond donors (Lipinski definition) is 3. The van der Waals surface area contributed by atoms with Crippen LogP contribution in [0.3, 0.4) is 0 Å². The Balaban J connectivity index is 1.62. The minimum atomic E-state index is -0.201. The first-order valence-corrected chi connectivity index (χ1v) is 7.91. The Hall–Kier alpha value is -1.46. The molecule has 0 radical (unpaired) electrons. The normalized spacial score (nSPS) is 29.3. The average molecular weight is 289 g/mol. The molecule has 1 saturated carbocycles. The van der Waals surface area contributed by atoms with E-state index >= 15 is 0 Å². The van der Waals surface area contributed by atoms with Gasteiger partial charge >= 0.3 is 0 Å². The van der Waals surface area contributed by atoms with Crippen molar-refractivity contribution in [2.24, 2.45) is 0 Å². The Morgan fingerprint density at radius 1 is 1.24 bits per heavy atom. The molecule has 1 aliphatic heterocycles. The Kier molecular flexibility index (Phi) is 4.51. The van der Waals surface area contributed by atoms with Gasteiger partial charge in [-0.05, 0) is 57.2 Å². The molecule has 5 heteroatoms.